The first-order valence-electron chi connectivity index (χ1n) is 9.53. The molecule has 0 radical (unpaired) electrons. The molecule has 144 valence electrons. The van der Waals surface area contributed by atoms with Crippen LogP contribution in [-0.4, -0.2) is 35.7 Å². The van der Waals surface area contributed by atoms with E-state index in [-0.39, 0.29) is 17.3 Å². The summed E-state index contributed by atoms with van der Waals surface area (Å²) < 4.78 is 27.8. The summed E-state index contributed by atoms with van der Waals surface area (Å²) in [6.45, 7) is 3.39. The fraction of sp³-hybridized carbons (Fsp3) is 0.450. The number of aromatic nitrogens is 1. The SMILES string of the molecule is CC1c2cccn2CCN1C(=O)Nc1cccc(S(=O)(=O)C2CCCC2)c1. The molecule has 1 aliphatic carbocycles. The second kappa shape index (κ2) is 7.03. The van der Waals surface area contributed by atoms with Gasteiger partial charge in [0.1, 0.15) is 0 Å². The van der Waals surface area contributed by atoms with Crippen molar-refractivity contribution in [1.82, 2.24) is 9.47 Å². The van der Waals surface area contributed by atoms with Gasteiger partial charge in [0.05, 0.1) is 16.2 Å². The summed E-state index contributed by atoms with van der Waals surface area (Å²) in [6, 6.07) is 10.4. The van der Waals surface area contributed by atoms with Crippen LogP contribution in [0.3, 0.4) is 0 Å². The van der Waals surface area contributed by atoms with Gasteiger partial charge in [0, 0.05) is 30.7 Å². The molecule has 2 aromatic rings. The lowest BCUT2D eigenvalue weighted by Gasteiger charge is -2.34. The number of rotatable bonds is 3. The standard InChI is InChI=1S/C20H25N3O3S/c1-15-19-10-5-11-22(19)12-13-23(15)20(24)21-16-6-4-9-18(14-16)27(25,26)17-7-2-3-8-17/h4-6,9-11,14-15,17H,2-3,7-8,12-13H2,1H3,(H,21,24). The maximum atomic E-state index is 12.8. The van der Waals surface area contributed by atoms with Gasteiger partial charge in [-0.3, -0.25) is 0 Å². The zero-order valence-electron chi connectivity index (χ0n) is 15.5. The van der Waals surface area contributed by atoms with E-state index in [1.54, 1.807) is 29.2 Å². The summed E-state index contributed by atoms with van der Waals surface area (Å²) in [6.07, 6.45) is 5.41. The molecule has 27 heavy (non-hydrogen) atoms. The van der Waals surface area contributed by atoms with E-state index in [0.717, 1.165) is 37.9 Å². The van der Waals surface area contributed by atoms with Gasteiger partial charge in [-0.2, -0.15) is 0 Å². The Morgan fingerprint density at radius 1 is 1.11 bits per heavy atom. The van der Waals surface area contributed by atoms with E-state index in [2.05, 4.69) is 9.88 Å². The number of carbonyl (C=O) groups is 1. The maximum absolute atomic E-state index is 12.8. The molecule has 0 saturated heterocycles. The molecular weight excluding hydrogens is 362 g/mol. The Kier molecular flexibility index (Phi) is 4.72. The Hall–Kier alpha value is -2.28. The van der Waals surface area contributed by atoms with Crippen LogP contribution < -0.4 is 5.32 Å². The highest BCUT2D eigenvalue weighted by atomic mass is 32.2. The number of sulfone groups is 1. The number of hydrogen-bond acceptors (Lipinski definition) is 3. The Balaban J connectivity index is 1.51. The molecule has 2 aliphatic rings. The van der Waals surface area contributed by atoms with E-state index in [4.69, 9.17) is 0 Å². The van der Waals surface area contributed by atoms with E-state index < -0.39 is 9.84 Å². The van der Waals surface area contributed by atoms with Crippen molar-refractivity contribution >= 4 is 21.6 Å². The van der Waals surface area contributed by atoms with E-state index in [9.17, 15) is 13.2 Å². The van der Waals surface area contributed by atoms with Crippen LogP contribution in [0.15, 0.2) is 47.5 Å². The van der Waals surface area contributed by atoms with Gasteiger partial charge >= 0.3 is 6.03 Å². The van der Waals surface area contributed by atoms with Gasteiger partial charge in [-0.1, -0.05) is 18.9 Å². The molecule has 4 rings (SSSR count). The van der Waals surface area contributed by atoms with Crippen LogP contribution in [-0.2, 0) is 16.4 Å². The largest absolute Gasteiger partial charge is 0.348 e. The molecule has 1 saturated carbocycles. The molecular formula is C20H25N3O3S. The number of hydrogen-bond donors (Lipinski definition) is 1. The predicted molar refractivity (Wildman–Crippen MR) is 104 cm³/mol. The van der Waals surface area contributed by atoms with Crippen molar-refractivity contribution in [3.05, 3.63) is 48.3 Å². The number of nitrogens with zero attached hydrogens (tertiary/aromatic N) is 2. The van der Waals surface area contributed by atoms with Gasteiger partial charge in [-0.05, 0) is 50.1 Å². The van der Waals surface area contributed by atoms with Gasteiger partial charge in [0.25, 0.3) is 0 Å². The Morgan fingerprint density at radius 2 is 1.89 bits per heavy atom. The van der Waals surface area contributed by atoms with Crippen LogP contribution in [0.25, 0.3) is 0 Å². The maximum Gasteiger partial charge on any atom is 0.322 e. The lowest BCUT2D eigenvalue weighted by Crippen LogP contribution is -2.43. The molecule has 2 amide bonds. The van der Waals surface area contributed by atoms with Crippen molar-refractivity contribution in [2.75, 3.05) is 11.9 Å². The first-order valence-corrected chi connectivity index (χ1v) is 11.1. The van der Waals surface area contributed by atoms with Crippen LogP contribution in [0, 0.1) is 0 Å². The first-order chi connectivity index (χ1) is 13.0. The Morgan fingerprint density at radius 3 is 2.67 bits per heavy atom. The summed E-state index contributed by atoms with van der Waals surface area (Å²) in [5.41, 5.74) is 1.63. The summed E-state index contributed by atoms with van der Waals surface area (Å²) in [5, 5.41) is 2.59. The van der Waals surface area contributed by atoms with E-state index >= 15 is 0 Å². The molecule has 1 N–H and O–H groups in total. The van der Waals surface area contributed by atoms with Crippen molar-refractivity contribution in [3.8, 4) is 0 Å². The third-order valence-electron chi connectivity index (χ3n) is 5.76. The van der Waals surface area contributed by atoms with Crippen LogP contribution >= 0.6 is 0 Å². The highest BCUT2D eigenvalue weighted by molar-refractivity contribution is 7.92. The van der Waals surface area contributed by atoms with Gasteiger partial charge in [0.2, 0.25) is 0 Å². The lowest BCUT2D eigenvalue weighted by atomic mass is 10.1. The van der Waals surface area contributed by atoms with Crippen molar-refractivity contribution in [1.29, 1.82) is 0 Å². The highest BCUT2D eigenvalue weighted by Gasteiger charge is 2.31. The minimum Gasteiger partial charge on any atom is -0.348 e. The van der Waals surface area contributed by atoms with Gasteiger partial charge in [0.15, 0.2) is 9.84 Å². The zero-order valence-corrected chi connectivity index (χ0v) is 16.3. The average Bonchev–Trinajstić information content (AvgIpc) is 3.34. The molecule has 2 heterocycles. The molecule has 1 fully saturated rings. The van der Waals surface area contributed by atoms with Gasteiger partial charge in [-0.25, -0.2) is 13.2 Å². The summed E-state index contributed by atoms with van der Waals surface area (Å²) in [4.78, 5) is 14.9. The highest BCUT2D eigenvalue weighted by Crippen LogP contribution is 2.31. The third-order valence-corrected chi connectivity index (χ3v) is 8.02. The van der Waals surface area contributed by atoms with E-state index in [0.29, 0.717) is 17.1 Å². The quantitative estimate of drug-likeness (QED) is 0.870. The molecule has 1 aromatic heterocycles. The molecule has 1 aliphatic heterocycles. The number of carbonyl (C=O) groups excluding carboxylic acids is 1. The number of benzene rings is 1. The molecule has 0 bridgehead atoms. The summed E-state index contributed by atoms with van der Waals surface area (Å²) in [5.74, 6) is 0. The number of nitrogens with one attached hydrogen (secondary N) is 1. The lowest BCUT2D eigenvalue weighted by molar-refractivity contribution is 0.175. The topological polar surface area (TPSA) is 71.4 Å². The van der Waals surface area contributed by atoms with Crippen molar-refractivity contribution < 1.29 is 13.2 Å². The predicted octanol–water partition coefficient (Wildman–Crippen LogP) is 3.81. The van der Waals surface area contributed by atoms with Crippen LogP contribution in [0.1, 0.15) is 44.3 Å². The fourth-order valence-corrected chi connectivity index (χ4v) is 6.09. The zero-order chi connectivity index (χ0) is 19.0. The van der Waals surface area contributed by atoms with Crippen LogP contribution in [0.5, 0.6) is 0 Å². The van der Waals surface area contributed by atoms with Crippen LogP contribution in [0.4, 0.5) is 10.5 Å². The monoisotopic (exact) mass is 387 g/mol. The molecule has 7 heteroatoms. The third kappa shape index (κ3) is 3.36. The second-order valence-corrected chi connectivity index (χ2v) is 9.63. The first kappa shape index (κ1) is 18.1. The van der Waals surface area contributed by atoms with E-state index in [1.807, 2.05) is 25.3 Å². The number of fused-ring (bicyclic) bond motifs is 1. The fourth-order valence-electron chi connectivity index (χ4n) is 4.19. The minimum absolute atomic E-state index is 0.0286. The normalized spacial score (nSPS) is 20.5. The molecule has 1 aromatic carbocycles. The van der Waals surface area contributed by atoms with Crippen molar-refractivity contribution in [2.24, 2.45) is 0 Å². The van der Waals surface area contributed by atoms with Crippen molar-refractivity contribution in [2.45, 2.75) is 55.3 Å². The van der Waals surface area contributed by atoms with Crippen LogP contribution in [0.2, 0.25) is 0 Å². The second-order valence-electron chi connectivity index (χ2n) is 7.41. The molecule has 1 atom stereocenters. The smallest absolute Gasteiger partial charge is 0.322 e. The average molecular weight is 388 g/mol. The number of anilines is 1. The van der Waals surface area contributed by atoms with Crippen molar-refractivity contribution in [3.63, 3.8) is 0 Å². The molecule has 1 unspecified atom stereocenters. The Bertz CT molecular complexity index is 945. The number of amides is 2. The minimum atomic E-state index is -3.33. The molecule has 0 spiro atoms. The molecule has 6 nitrogen and oxygen atoms in total. The number of urea groups is 1. The van der Waals surface area contributed by atoms with E-state index in [1.165, 1.54) is 0 Å². The van der Waals surface area contributed by atoms with Gasteiger partial charge in [-0.15, -0.1) is 0 Å². The summed E-state index contributed by atoms with van der Waals surface area (Å²) >= 11 is 0. The Labute approximate surface area is 160 Å². The summed E-state index contributed by atoms with van der Waals surface area (Å²) in [7, 11) is -3.33. The van der Waals surface area contributed by atoms with Gasteiger partial charge < -0.3 is 14.8 Å².